The summed E-state index contributed by atoms with van der Waals surface area (Å²) in [5.74, 6) is 0. The fraction of sp³-hybridized carbons (Fsp3) is 0.125. The van der Waals surface area contributed by atoms with Crippen molar-refractivity contribution in [3.8, 4) is 0 Å². The van der Waals surface area contributed by atoms with Crippen LogP contribution in [0.3, 0.4) is 0 Å². The van der Waals surface area contributed by atoms with Gasteiger partial charge in [0.25, 0.3) is 0 Å². The van der Waals surface area contributed by atoms with Crippen molar-refractivity contribution in [2.24, 2.45) is 0 Å². The lowest BCUT2D eigenvalue weighted by Crippen LogP contribution is -2.14. The summed E-state index contributed by atoms with van der Waals surface area (Å²) in [7, 11) is 0. The van der Waals surface area contributed by atoms with Crippen molar-refractivity contribution >= 4 is 6.21 Å². The van der Waals surface area contributed by atoms with E-state index in [1.807, 2.05) is 42.5 Å². The molecular formula is C16H16N2O. The highest BCUT2D eigenvalue weighted by Gasteiger charge is 2.16. The first-order chi connectivity index (χ1) is 9.31. The maximum absolute atomic E-state index is 12.3. The molecule has 0 aliphatic heterocycles. The molecular weight excluding hydrogens is 236 g/mol. The van der Waals surface area contributed by atoms with Crippen molar-refractivity contribution in [2.45, 2.75) is 12.5 Å². The Hall–Kier alpha value is -2.42. The lowest BCUT2D eigenvalue weighted by molar-refractivity contribution is -0.502. The highest BCUT2D eigenvalue weighted by molar-refractivity contribution is 5.75. The Morgan fingerprint density at radius 3 is 2.47 bits per heavy atom. The molecule has 1 atom stereocenters. The van der Waals surface area contributed by atoms with Crippen LogP contribution in [0.5, 0.6) is 0 Å². The molecule has 0 aliphatic carbocycles. The lowest BCUT2D eigenvalue weighted by Gasteiger charge is -2.15. The molecule has 0 fully saturated rings. The van der Waals surface area contributed by atoms with Crippen molar-refractivity contribution in [3.63, 3.8) is 0 Å². The molecule has 0 amide bonds. The van der Waals surface area contributed by atoms with Crippen LogP contribution in [0, 0.1) is 5.21 Å². The Kier molecular flexibility index (Phi) is 4.45. The van der Waals surface area contributed by atoms with Gasteiger partial charge in [0.05, 0.1) is 0 Å². The predicted octanol–water partition coefficient (Wildman–Crippen LogP) is 3.33. The van der Waals surface area contributed by atoms with Crippen LogP contribution < -0.4 is 0 Å². The van der Waals surface area contributed by atoms with Gasteiger partial charge in [0, 0.05) is 29.9 Å². The molecule has 3 nitrogen and oxygen atoms in total. The third kappa shape index (κ3) is 3.52. The van der Waals surface area contributed by atoms with Gasteiger partial charge >= 0.3 is 0 Å². The minimum atomic E-state index is -0.263. The van der Waals surface area contributed by atoms with E-state index in [1.54, 1.807) is 24.7 Å². The van der Waals surface area contributed by atoms with Crippen LogP contribution in [0.1, 0.15) is 23.6 Å². The largest absolute Gasteiger partial charge is 0.623 e. The number of hydroxylamine groups is 1. The summed E-state index contributed by atoms with van der Waals surface area (Å²) in [6.07, 6.45) is 7.35. The fourth-order valence-corrected chi connectivity index (χ4v) is 1.91. The Balaban J connectivity index is 2.29. The molecule has 0 saturated carbocycles. The van der Waals surface area contributed by atoms with Gasteiger partial charge in [-0.05, 0) is 24.3 Å². The van der Waals surface area contributed by atoms with Crippen LogP contribution in [0.2, 0.25) is 0 Å². The van der Waals surface area contributed by atoms with Gasteiger partial charge in [-0.1, -0.05) is 24.3 Å². The highest BCUT2D eigenvalue weighted by Crippen LogP contribution is 2.20. The Labute approximate surface area is 113 Å². The quantitative estimate of drug-likeness (QED) is 0.269. The minimum Gasteiger partial charge on any atom is -0.623 e. The molecule has 2 rings (SSSR count). The minimum absolute atomic E-state index is 0.263. The van der Waals surface area contributed by atoms with Gasteiger partial charge in [0.1, 0.15) is 0 Å². The molecule has 96 valence electrons. The normalized spacial score (nSPS) is 12.9. The molecule has 1 heterocycles. The van der Waals surface area contributed by atoms with Gasteiger partial charge < -0.3 is 5.21 Å². The fourth-order valence-electron chi connectivity index (χ4n) is 1.91. The average Bonchev–Trinajstić information content (AvgIpc) is 2.46. The van der Waals surface area contributed by atoms with Gasteiger partial charge in [-0.3, -0.25) is 4.98 Å². The maximum Gasteiger partial charge on any atom is 0.192 e. The van der Waals surface area contributed by atoms with E-state index < -0.39 is 0 Å². The molecule has 0 spiro atoms. The number of hydrogen-bond acceptors (Lipinski definition) is 2. The van der Waals surface area contributed by atoms with Crippen LogP contribution in [-0.4, -0.2) is 15.9 Å². The monoisotopic (exact) mass is 252 g/mol. The van der Waals surface area contributed by atoms with Gasteiger partial charge in [-0.25, -0.2) is 4.74 Å². The number of rotatable bonds is 5. The average molecular weight is 252 g/mol. The zero-order valence-electron chi connectivity index (χ0n) is 10.6. The van der Waals surface area contributed by atoms with Gasteiger partial charge in [0.2, 0.25) is 0 Å². The van der Waals surface area contributed by atoms with Crippen LogP contribution in [-0.2, 0) is 0 Å². The number of nitrogens with zero attached hydrogens (tertiary/aromatic N) is 2. The summed E-state index contributed by atoms with van der Waals surface area (Å²) in [4.78, 5) is 3.97. The van der Waals surface area contributed by atoms with E-state index >= 15 is 0 Å². The third-order valence-electron chi connectivity index (χ3n) is 2.86. The zero-order chi connectivity index (χ0) is 13.5. The standard InChI is InChI=1S/C16H16N2O/c1-2-6-16(15-9-11-17-12-10-15)18(19)13-14-7-4-3-5-8-14/h2-5,7-13,16H,1,6H2. The molecule has 0 bridgehead atoms. The zero-order valence-corrected chi connectivity index (χ0v) is 10.6. The summed E-state index contributed by atoms with van der Waals surface area (Å²) >= 11 is 0. The Bertz CT molecular complexity index is 549. The summed E-state index contributed by atoms with van der Waals surface area (Å²) in [5, 5.41) is 12.3. The van der Waals surface area contributed by atoms with Crippen LogP contribution >= 0.6 is 0 Å². The van der Waals surface area contributed by atoms with Crippen molar-refractivity contribution in [2.75, 3.05) is 0 Å². The molecule has 0 aliphatic rings. The van der Waals surface area contributed by atoms with Gasteiger partial charge in [0.15, 0.2) is 12.3 Å². The van der Waals surface area contributed by atoms with Gasteiger partial charge in [-0.15, -0.1) is 6.58 Å². The van der Waals surface area contributed by atoms with E-state index in [4.69, 9.17) is 0 Å². The Morgan fingerprint density at radius 1 is 1.16 bits per heavy atom. The second-order valence-corrected chi connectivity index (χ2v) is 4.22. The molecule has 19 heavy (non-hydrogen) atoms. The maximum atomic E-state index is 12.3. The summed E-state index contributed by atoms with van der Waals surface area (Å²) < 4.78 is 0.979. The summed E-state index contributed by atoms with van der Waals surface area (Å²) in [6, 6.07) is 13.0. The second-order valence-electron chi connectivity index (χ2n) is 4.22. The van der Waals surface area contributed by atoms with Crippen LogP contribution in [0.15, 0.2) is 67.5 Å². The van der Waals surface area contributed by atoms with Crippen molar-refractivity contribution < 1.29 is 4.74 Å². The summed E-state index contributed by atoms with van der Waals surface area (Å²) in [6.45, 7) is 3.72. The van der Waals surface area contributed by atoms with E-state index in [1.165, 1.54) is 0 Å². The van der Waals surface area contributed by atoms with E-state index in [-0.39, 0.29) is 6.04 Å². The molecule has 1 unspecified atom stereocenters. The smallest absolute Gasteiger partial charge is 0.192 e. The van der Waals surface area contributed by atoms with Crippen LogP contribution in [0.25, 0.3) is 0 Å². The van der Waals surface area contributed by atoms with Crippen molar-refractivity contribution in [3.05, 3.63) is 83.8 Å². The SMILES string of the molecule is C=CCC(c1ccncc1)[N+]([O-])=Cc1ccccc1. The molecule has 0 radical (unpaired) electrons. The molecule has 1 aromatic heterocycles. The summed E-state index contributed by atoms with van der Waals surface area (Å²) in [5.41, 5.74) is 1.83. The van der Waals surface area contributed by atoms with Crippen LogP contribution in [0.4, 0.5) is 0 Å². The highest BCUT2D eigenvalue weighted by atomic mass is 16.5. The topological polar surface area (TPSA) is 39.0 Å². The van der Waals surface area contributed by atoms with Crippen molar-refractivity contribution in [1.29, 1.82) is 0 Å². The molecule has 3 heteroatoms. The predicted molar refractivity (Wildman–Crippen MR) is 77.0 cm³/mol. The van der Waals surface area contributed by atoms with Gasteiger partial charge in [-0.2, -0.15) is 0 Å². The number of benzene rings is 1. The number of hydrogen-bond donors (Lipinski definition) is 0. The Morgan fingerprint density at radius 2 is 1.84 bits per heavy atom. The molecule has 0 saturated heterocycles. The van der Waals surface area contributed by atoms with E-state index in [2.05, 4.69) is 11.6 Å². The molecule has 0 N–H and O–H groups in total. The molecule has 2 aromatic rings. The first-order valence-electron chi connectivity index (χ1n) is 6.17. The first kappa shape index (κ1) is 13.0. The van der Waals surface area contributed by atoms with E-state index in [9.17, 15) is 5.21 Å². The van der Waals surface area contributed by atoms with E-state index in [0.29, 0.717) is 6.42 Å². The van der Waals surface area contributed by atoms with Crippen molar-refractivity contribution in [1.82, 2.24) is 4.98 Å². The van der Waals surface area contributed by atoms with E-state index in [0.717, 1.165) is 15.9 Å². The first-order valence-corrected chi connectivity index (χ1v) is 6.17. The molecule has 1 aromatic carbocycles. The number of aromatic nitrogens is 1. The third-order valence-corrected chi connectivity index (χ3v) is 2.86. The second kappa shape index (κ2) is 6.50. The number of pyridine rings is 1. The lowest BCUT2D eigenvalue weighted by atomic mass is 10.1.